The van der Waals surface area contributed by atoms with Gasteiger partial charge < -0.3 is 9.47 Å². The van der Waals surface area contributed by atoms with E-state index in [2.05, 4.69) is 11.7 Å². The smallest absolute Gasteiger partial charge is 0.429 e. The first-order chi connectivity index (χ1) is 17.5. The second kappa shape index (κ2) is 11.3. The third kappa shape index (κ3) is 6.44. The molecule has 4 rings (SSSR count). The van der Waals surface area contributed by atoms with Crippen molar-refractivity contribution in [2.75, 3.05) is 6.61 Å². The number of rotatable bonds is 7. The third-order valence-corrected chi connectivity index (χ3v) is 7.90. The van der Waals surface area contributed by atoms with E-state index in [-0.39, 0.29) is 24.0 Å². The summed E-state index contributed by atoms with van der Waals surface area (Å²) in [7, 11) is 0. The number of aryl methyl sites for hydroxylation is 1. The fourth-order valence-electron chi connectivity index (χ4n) is 5.90. The van der Waals surface area contributed by atoms with Gasteiger partial charge in [-0.25, -0.2) is 4.39 Å². The van der Waals surface area contributed by atoms with Gasteiger partial charge in [0.1, 0.15) is 17.1 Å². The van der Waals surface area contributed by atoms with Gasteiger partial charge in [-0.15, -0.1) is 0 Å². The average molecular weight is 529 g/mol. The fourth-order valence-corrected chi connectivity index (χ4v) is 5.90. The maximum Gasteiger partial charge on any atom is 0.429 e. The molecule has 2 aliphatic rings. The molecule has 37 heavy (non-hydrogen) atoms. The molecular weight excluding hydrogens is 494 g/mol. The molecule has 1 aliphatic heterocycles. The minimum Gasteiger partial charge on any atom is -0.429 e. The van der Waals surface area contributed by atoms with Gasteiger partial charge in [0.15, 0.2) is 0 Å². The summed E-state index contributed by atoms with van der Waals surface area (Å²) >= 11 is 0. The highest BCUT2D eigenvalue weighted by Gasteiger charge is 2.46. The molecule has 204 valence electrons. The maximum atomic E-state index is 15.2. The highest BCUT2D eigenvalue weighted by Crippen LogP contribution is 2.45. The van der Waals surface area contributed by atoms with Crippen molar-refractivity contribution < 1.29 is 35.8 Å². The van der Waals surface area contributed by atoms with Crippen molar-refractivity contribution >= 4 is 0 Å². The van der Waals surface area contributed by atoms with Gasteiger partial charge in [0.05, 0.1) is 18.3 Å². The van der Waals surface area contributed by atoms with Crippen LogP contribution >= 0.6 is 0 Å². The van der Waals surface area contributed by atoms with Crippen molar-refractivity contribution in [2.24, 2.45) is 11.8 Å². The number of ether oxygens (including phenoxy) is 2. The van der Waals surface area contributed by atoms with Crippen molar-refractivity contribution in [2.45, 2.75) is 89.5 Å². The lowest BCUT2D eigenvalue weighted by Gasteiger charge is -2.38. The second-order valence-corrected chi connectivity index (χ2v) is 10.5. The molecule has 1 saturated carbocycles. The van der Waals surface area contributed by atoms with Crippen LogP contribution in [0.2, 0.25) is 0 Å². The average Bonchev–Trinajstić information content (AvgIpc) is 2.85. The molecule has 0 N–H and O–H groups in total. The first kappa shape index (κ1) is 27.8. The summed E-state index contributed by atoms with van der Waals surface area (Å²) < 4.78 is 97.5. The molecular formula is C29H34F6O2. The van der Waals surface area contributed by atoms with E-state index in [9.17, 15) is 22.0 Å². The van der Waals surface area contributed by atoms with Crippen molar-refractivity contribution in [1.82, 2.24) is 0 Å². The molecule has 2 nitrogen and oxygen atoms in total. The van der Waals surface area contributed by atoms with Crippen LogP contribution in [-0.4, -0.2) is 12.7 Å². The van der Waals surface area contributed by atoms with Crippen molar-refractivity contribution in [1.29, 1.82) is 0 Å². The first-order valence-corrected chi connectivity index (χ1v) is 13.1. The van der Waals surface area contributed by atoms with Gasteiger partial charge >= 0.3 is 12.3 Å². The predicted molar refractivity (Wildman–Crippen MR) is 129 cm³/mol. The predicted octanol–water partition coefficient (Wildman–Crippen LogP) is 9.15. The zero-order valence-corrected chi connectivity index (χ0v) is 21.2. The molecule has 2 unspecified atom stereocenters. The fraction of sp³-hybridized carbons (Fsp3) is 0.586. The molecule has 1 heterocycles. The Morgan fingerprint density at radius 1 is 0.892 bits per heavy atom. The SMILES string of the molecule is CCCC1CCC(C2CCC(c3ccc(C(F)(F)Oc4ccc(C)cc4)c(F)c3C(F)(F)F)CO2)CC1. The minimum atomic E-state index is -5.15. The van der Waals surface area contributed by atoms with E-state index in [1.165, 1.54) is 30.7 Å². The summed E-state index contributed by atoms with van der Waals surface area (Å²) in [5.74, 6) is -1.88. The van der Waals surface area contributed by atoms with E-state index in [4.69, 9.17) is 4.74 Å². The van der Waals surface area contributed by atoms with E-state index < -0.39 is 35.1 Å². The standard InChI is InChI=1S/C29H34F6O2/c1-3-4-19-7-9-20(10-8-19)25-16-11-21(17-36-25)23-14-15-24(27(30)26(23)28(31,32)33)29(34,35)37-22-12-5-18(2)6-13-22/h5-6,12-15,19-21,25H,3-4,7-11,16-17H2,1-2H3. The third-order valence-electron chi connectivity index (χ3n) is 7.90. The molecule has 2 fully saturated rings. The molecule has 0 radical (unpaired) electrons. The Morgan fingerprint density at radius 2 is 1.57 bits per heavy atom. The zero-order chi connectivity index (χ0) is 26.8. The molecule has 0 amide bonds. The topological polar surface area (TPSA) is 18.5 Å². The van der Waals surface area contributed by atoms with Gasteiger partial charge in [-0.05, 0) is 68.2 Å². The summed E-state index contributed by atoms with van der Waals surface area (Å²) in [6.07, 6.45) is -1.73. The summed E-state index contributed by atoms with van der Waals surface area (Å²) in [5, 5.41) is 0. The highest BCUT2D eigenvalue weighted by molar-refractivity contribution is 5.40. The maximum absolute atomic E-state index is 15.2. The number of benzene rings is 2. The van der Waals surface area contributed by atoms with E-state index in [0.29, 0.717) is 24.8 Å². The Bertz CT molecular complexity index is 1030. The molecule has 2 aromatic rings. The van der Waals surface area contributed by atoms with Gasteiger partial charge in [0, 0.05) is 5.92 Å². The minimum absolute atomic E-state index is 0.0116. The van der Waals surface area contributed by atoms with Crippen LogP contribution in [0.5, 0.6) is 5.75 Å². The molecule has 2 aromatic carbocycles. The molecule has 0 spiro atoms. The number of hydrogen-bond acceptors (Lipinski definition) is 2. The quantitative estimate of drug-likeness (QED) is 0.334. The van der Waals surface area contributed by atoms with Crippen LogP contribution in [-0.2, 0) is 17.0 Å². The lowest BCUT2D eigenvalue weighted by atomic mass is 9.75. The number of halogens is 6. The Labute approximate surface area is 214 Å². The monoisotopic (exact) mass is 528 g/mol. The Balaban J connectivity index is 1.50. The molecule has 8 heteroatoms. The van der Waals surface area contributed by atoms with Crippen molar-refractivity contribution in [3.8, 4) is 5.75 Å². The Hall–Kier alpha value is -2.22. The van der Waals surface area contributed by atoms with Gasteiger partial charge in [-0.3, -0.25) is 0 Å². The Morgan fingerprint density at radius 3 is 2.14 bits per heavy atom. The van der Waals surface area contributed by atoms with Crippen molar-refractivity contribution in [3.05, 3.63) is 64.5 Å². The summed E-state index contributed by atoms with van der Waals surface area (Å²) in [6, 6.07) is 7.20. The zero-order valence-electron chi connectivity index (χ0n) is 21.2. The van der Waals surface area contributed by atoms with Crippen LogP contribution in [0.25, 0.3) is 0 Å². The summed E-state index contributed by atoms with van der Waals surface area (Å²) in [4.78, 5) is 0. The molecule has 1 saturated heterocycles. The first-order valence-electron chi connectivity index (χ1n) is 13.1. The largest absolute Gasteiger partial charge is 0.429 e. The van der Waals surface area contributed by atoms with Crippen LogP contribution in [0.1, 0.15) is 86.5 Å². The molecule has 0 bridgehead atoms. The highest BCUT2D eigenvalue weighted by atomic mass is 19.4. The normalized spacial score (nSPS) is 25.2. The molecule has 1 aliphatic carbocycles. The van der Waals surface area contributed by atoms with Crippen LogP contribution in [0, 0.1) is 24.6 Å². The van der Waals surface area contributed by atoms with Gasteiger partial charge in [0.25, 0.3) is 0 Å². The lowest BCUT2D eigenvalue weighted by molar-refractivity contribution is -0.188. The molecule has 0 aromatic heterocycles. The van der Waals surface area contributed by atoms with Crippen molar-refractivity contribution in [3.63, 3.8) is 0 Å². The lowest BCUT2D eigenvalue weighted by Crippen LogP contribution is -2.34. The Kier molecular flexibility index (Phi) is 8.46. The van der Waals surface area contributed by atoms with E-state index in [1.54, 1.807) is 6.92 Å². The van der Waals surface area contributed by atoms with Gasteiger partial charge in [-0.1, -0.05) is 56.4 Å². The van der Waals surface area contributed by atoms with Crippen LogP contribution in [0.4, 0.5) is 26.3 Å². The summed E-state index contributed by atoms with van der Waals surface area (Å²) in [6.45, 7) is 3.93. The van der Waals surface area contributed by atoms with Crippen LogP contribution in [0.15, 0.2) is 36.4 Å². The van der Waals surface area contributed by atoms with Crippen LogP contribution in [0.3, 0.4) is 0 Å². The van der Waals surface area contributed by atoms with E-state index >= 15 is 4.39 Å². The second-order valence-electron chi connectivity index (χ2n) is 10.5. The van der Waals surface area contributed by atoms with Gasteiger partial charge in [-0.2, -0.15) is 22.0 Å². The van der Waals surface area contributed by atoms with Crippen LogP contribution < -0.4 is 4.74 Å². The summed E-state index contributed by atoms with van der Waals surface area (Å²) in [5.41, 5.74) is -2.66. The molecule has 2 atom stereocenters. The van der Waals surface area contributed by atoms with Gasteiger partial charge in [0.2, 0.25) is 0 Å². The number of hydrogen-bond donors (Lipinski definition) is 0. The van der Waals surface area contributed by atoms with E-state index in [1.807, 2.05) is 0 Å². The number of alkyl halides is 5. The van der Waals surface area contributed by atoms with E-state index in [0.717, 1.165) is 49.7 Å².